The summed E-state index contributed by atoms with van der Waals surface area (Å²) in [5.41, 5.74) is 0.277. The second kappa shape index (κ2) is 9.32. The Hall–Kier alpha value is -3.52. The van der Waals surface area contributed by atoms with Crippen molar-refractivity contribution < 1.29 is 23.8 Å². The Kier molecular flexibility index (Phi) is 6.32. The fourth-order valence-electron chi connectivity index (χ4n) is 3.77. The predicted molar refractivity (Wildman–Crippen MR) is 117 cm³/mol. The second-order valence-corrected chi connectivity index (χ2v) is 7.65. The highest BCUT2D eigenvalue weighted by Gasteiger charge is 2.47. The van der Waals surface area contributed by atoms with Crippen LogP contribution in [0.5, 0.6) is 5.75 Å². The van der Waals surface area contributed by atoms with E-state index < -0.39 is 17.7 Å². The first-order chi connectivity index (χ1) is 15.5. The molecule has 1 aliphatic heterocycles. The number of rotatable bonds is 8. The van der Waals surface area contributed by atoms with E-state index in [1.807, 2.05) is 17.7 Å². The number of nitrogens with zero attached hydrogens (tertiary/aromatic N) is 3. The molecule has 4 rings (SSSR count). The number of furan rings is 1. The van der Waals surface area contributed by atoms with Crippen molar-refractivity contribution >= 4 is 29.1 Å². The average Bonchev–Trinajstić information content (AvgIpc) is 3.53. The van der Waals surface area contributed by atoms with Gasteiger partial charge >= 0.3 is 0 Å². The summed E-state index contributed by atoms with van der Waals surface area (Å²) in [6, 6.07) is 7.24. The molecule has 9 heteroatoms. The number of carbonyl (C=O) groups is 2. The van der Waals surface area contributed by atoms with Crippen LogP contribution >= 0.6 is 11.6 Å². The molecule has 1 saturated heterocycles. The van der Waals surface area contributed by atoms with Crippen molar-refractivity contribution in [2.24, 2.45) is 0 Å². The number of ether oxygens (including phenoxy) is 1. The lowest BCUT2D eigenvalue weighted by Crippen LogP contribution is -2.31. The molecule has 1 atom stereocenters. The van der Waals surface area contributed by atoms with E-state index in [2.05, 4.69) is 4.98 Å². The molecule has 0 bridgehead atoms. The van der Waals surface area contributed by atoms with Gasteiger partial charge in [-0.05, 0) is 43.7 Å². The number of aliphatic hydroxyl groups is 1. The summed E-state index contributed by atoms with van der Waals surface area (Å²) in [6.07, 6.45) is 7.25. The van der Waals surface area contributed by atoms with Gasteiger partial charge in [-0.1, -0.05) is 11.6 Å². The van der Waals surface area contributed by atoms with Crippen molar-refractivity contribution in [3.63, 3.8) is 0 Å². The van der Waals surface area contributed by atoms with E-state index in [1.54, 1.807) is 36.8 Å². The fraction of sp³-hybridized carbons (Fsp3) is 0.261. The molecule has 8 nitrogen and oxygen atoms in total. The van der Waals surface area contributed by atoms with Gasteiger partial charge < -0.3 is 23.7 Å². The quantitative estimate of drug-likeness (QED) is 0.313. The normalized spacial score (nSPS) is 17.8. The Bertz CT molecular complexity index is 1140. The zero-order valence-electron chi connectivity index (χ0n) is 17.4. The topological polar surface area (TPSA) is 97.8 Å². The summed E-state index contributed by atoms with van der Waals surface area (Å²) in [5.74, 6) is -0.905. The van der Waals surface area contributed by atoms with E-state index in [-0.39, 0.29) is 11.3 Å². The van der Waals surface area contributed by atoms with Crippen LogP contribution in [0.4, 0.5) is 0 Å². The van der Waals surface area contributed by atoms with Crippen molar-refractivity contribution in [3.8, 4) is 5.75 Å². The SMILES string of the molecule is CCOc1ccc(/C(O)=C2\C(=O)C(=O)N(CCCn3ccnc3)C2c2ccco2)cc1Cl. The van der Waals surface area contributed by atoms with Crippen molar-refractivity contribution in [3.05, 3.63) is 77.2 Å². The van der Waals surface area contributed by atoms with Crippen LogP contribution in [0.25, 0.3) is 5.76 Å². The highest BCUT2D eigenvalue weighted by molar-refractivity contribution is 6.46. The first-order valence-corrected chi connectivity index (χ1v) is 10.6. The first kappa shape index (κ1) is 21.7. The molecule has 1 fully saturated rings. The van der Waals surface area contributed by atoms with Crippen LogP contribution in [0.15, 0.2) is 65.3 Å². The van der Waals surface area contributed by atoms with Crippen LogP contribution in [-0.2, 0) is 16.1 Å². The highest BCUT2D eigenvalue weighted by Crippen LogP contribution is 2.40. The maximum atomic E-state index is 13.0. The molecule has 1 aromatic carbocycles. The van der Waals surface area contributed by atoms with Gasteiger partial charge in [-0.3, -0.25) is 9.59 Å². The number of halogens is 1. The van der Waals surface area contributed by atoms with Gasteiger partial charge in [-0.2, -0.15) is 0 Å². The zero-order chi connectivity index (χ0) is 22.7. The number of hydrogen-bond acceptors (Lipinski definition) is 6. The van der Waals surface area contributed by atoms with Crippen LogP contribution in [0.1, 0.15) is 30.7 Å². The third-order valence-electron chi connectivity index (χ3n) is 5.23. The van der Waals surface area contributed by atoms with Gasteiger partial charge in [0, 0.05) is 31.0 Å². The third-order valence-corrected chi connectivity index (χ3v) is 5.53. The van der Waals surface area contributed by atoms with Crippen LogP contribution in [0.2, 0.25) is 5.02 Å². The molecule has 2 aromatic heterocycles. The molecule has 3 aromatic rings. The Labute approximate surface area is 189 Å². The van der Waals surface area contributed by atoms with Gasteiger partial charge in [-0.25, -0.2) is 4.98 Å². The molecule has 1 aliphatic rings. The van der Waals surface area contributed by atoms with E-state index in [9.17, 15) is 14.7 Å². The Morgan fingerprint density at radius 3 is 2.78 bits per heavy atom. The van der Waals surface area contributed by atoms with Gasteiger partial charge in [-0.15, -0.1) is 0 Å². The number of likely N-dealkylation sites (tertiary alicyclic amines) is 1. The summed E-state index contributed by atoms with van der Waals surface area (Å²) in [7, 11) is 0. The third kappa shape index (κ3) is 4.13. The van der Waals surface area contributed by atoms with Crippen LogP contribution in [0.3, 0.4) is 0 Å². The number of benzene rings is 1. The maximum Gasteiger partial charge on any atom is 0.295 e. The van der Waals surface area contributed by atoms with E-state index >= 15 is 0 Å². The van der Waals surface area contributed by atoms with Gasteiger partial charge in [0.05, 0.1) is 29.8 Å². The maximum absolute atomic E-state index is 13.0. The smallest absolute Gasteiger partial charge is 0.295 e. The fourth-order valence-corrected chi connectivity index (χ4v) is 4.01. The highest BCUT2D eigenvalue weighted by atomic mass is 35.5. The molecule has 1 N–H and O–H groups in total. The Morgan fingerprint density at radius 2 is 2.12 bits per heavy atom. The number of carbonyl (C=O) groups excluding carboxylic acids is 2. The van der Waals surface area contributed by atoms with Crippen molar-refractivity contribution in [1.82, 2.24) is 14.5 Å². The molecule has 0 spiro atoms. The standard InChI is InChI=1S/C23H22ClN3O5/c1-2-31-17-7-6-15(13-16(17)24)21(28)19-20(18-5-3-12-32-18)27(23(30)22(19)29)10-4-9-26-11-8-25-14-26/h3,5-8,11-14,20,28H,2,4,9-10H2,1H3/b21-19+. The number of ketones is 1. The number of amides is 1. The minimum Gasteiger partial charge on any atom is -0.507 e. The molecule has 166 valence electrons. The van der Waals surface area contributed by atoms with Crippen molar-refractivity contribution in [2.45, 2.75) is 25.9 Å². The zero-order valence-corrected chi connectivity index (χ0v) is 18.2. The first-order valence-electron chi connectivity index (χ1n) is 10.2. The molecule has 1 amide bonds. The second-order valence-electron chi connectivity index (χ2n) is 7.24. The number of hydrogen-bond donors (Lipinski definition) is 1. The van der Waals surface area contributed by atoms with Gasteiger partial charge in [0.2, 0.25) is 0 Å². The Morgan fingerprint density at radius 1 is 1.28 bits per heavy atom. The molecule has 0 aliphatic carbocycles. The molecule has 1 unspecified atom stereocenters. The largest absolute Gasteiger partial charge is 0.507 e. The molecule has 0 radical (unpaired) electrons. The summed E-state index contributed by atoms with van der Waals surface area (Å²) in [5, 5.41) is 11.3. The summed E-state index contributed by atoms with van der Waals surface area (Å²) >= 11 is 6.26. The van der Waals surface area contributed by atoms with Gasteiger partial charge in [0.25, 0.3) is 11.7 Å². The summed E-state index contributed by atoms with van der Waals surface area (Å²) in [6.45, 7) is 3.20. The predicted octanol–water partition coefficient (Wildman–Crippen LogP) is 4.04. The Balaban J connectivity index is 1.68. The number of Topliss-reactive ketones (excluding diaryl/α,β-unsaturated/α-hetero) is 1. The van der Waals surface area contributed by atoms with Gasteiger partial charge in [0.1, 0.15) is 23.3 Å². The molecule has 3 heterocycles. The summed E-state index contributed by atoms with van der Waals surface area (Å²) < 4.78 is 12.9. The summed E-state index contributed by atoms with van der Waals surface area (Å²) in [4.78, 5) is 31.3. The van der Waals surface area contributed by atoms with E-state index in [4.69, 9.17) is 20.8 Å². The van der Waals surface area contributed by atoms with Crippen molar-refractivity contribution in [2.75, 3.05) is 13.2 Å². The molecule has 32 heavy (non-hydrogen) atoms. The lowest BCUT2D eigenvalue weighted by atomic mass is 9.99. The lowest BCUT2D eigenvalue weighted by molar-refractivity contribution is -0.140. The molecular weight excluding hydrogens is 434 g/mol. The van der Waals surface area contributed by atoms with E-state index in [0.717, 1.165) is 0 Å². The van der Waals surface area contributed by atoms with Crippen LogP contribution in [-0.4, -0.2) is 44.4 Å². The number of aryl methyl sites for hydroxylation is 1. The number of aromatic nitrogens is 2. The monoisotopic (exact) mass is 455 g/mol. The number of aliphatic hydroxyl groups excluding tert-OH is 1. The molecule has 0 saturated carbocycles. The van der Waals surface area contributed by atoms with Gasteiger partial charge in [0.15, 0.2) is 0 Å². The number of imidazole rings is 1. The van der Waals surface area contributed by atoms with E-state index in [0.29, 0.717) is 48.2 Å². The van der Waals surface area contributed by atoms with Crippen LogP contribution < -0.4 is 4.74 Å². The average molecular weight is 456 g/mol. The molecular formula is C23H22ClN3O5. The van der Waals surface area contributed by atoms with Crippen molar-refractivity contribution in [1.29, 1.82) is 0 Å². The van der Waals surface area contributed by atoms with Crippen LogP contribution in [0, 0.1) is 0 Å². The van der Waals surface area contributed by atoms with E-state index in [1.165, 1.54) is 17.2 Å². The minimum absolute atomic E-state index is 0.0344. The lowest BCUT2D eigenvalue weighted by Gasteiger charge is -2.23. The minimum atomic E-state index is -0.835.